The van der Waals surface area contributed by atoms with Crippen LogP contribution in [0.1, 0.15) is 29.5 Å². The predicted molar refractivity (Wildman–Crippen MR) is 109 cm³/mol. The fourth-order valence-corrected chi connectivity index (χ4v) is 3.18. The second kappa shape index (κ2) is 8.09. The number of ether oxygens (including phenoxy) is 1. The standard InChI is InChI=1S/C24H21NO3/c1-17-11-13-18(14-12-17)16-27-22-10-6-5-9-20(22)15-21-23(25-28-24(21)26)19-7-3-2-4-8-19/h2-4,6-8,10-15H,5,9,16H2,1H3. The van der Waals surface area contributed by atoms with E-state index in [1.807, 2.05) is 42.5 Å². The van der Waals surface area contributed by atoms with E-state index < -0.39 is 5.97 Å². The Bertz CT molecular complexity index is 996. The van der Waals surface area contributed by atoms with Crippen molar-refractivity contribution in [3.05, 3.63) is 106 Å². The molecule has 0 atom stereocenters. The summed E-state index contributed by atoms with van der Waals surface area (Å²) in [6.45, 7) is 2.55. The Labute approximate surface area is 164 Å². The normalized spacial score (nSPS) is 17.7. The molecular formula is C24H21NO3. The van der Waals surface area contributed by atoms with Gasteiger partial charge in [-0.1, -0.05) is 71.4 Å². The number of allylic oxidation sites excluding steroid dienone is 4. The van der Waals surface area contributed by atoms with Gasteiger partial charge in [0.25, 0.3) is 0 Å². The van der Waals surface area contributed by atoms with E-state index in [1.165, 1.54) is 5.56 Å². The van der Waals surface area contributed by atoms with Crippen LogP contribution in [-0.4, -0.2) is 11.7 Å². The zero-order valence-electron chi connectivity index (χ0n) is 15.7. The summed E-state index contributed by atoms with van der Waals surface area (Å²) in [5.41, 5.74) is 5.19. The lowest BCUT2D eigenvalue weighted by Crippen LogP contribution is -2.09. The van der Waals surface area contributed by atoms with E-state index in [4.69, 9.17) is 9.57 Å². The van der Waals surface area contributed by atoms with Gasteiger partial charge in [0.15, 0.2) is 0 Å². The monoisotopic (exact) mass is 371 g/mol. The van der Waals surface area contributed by atoms with Crippen molar-refractivity contribution in [2.75, 3.05) is 0 Å². The maximum Gasteiger partial charge on any atom is 0.368 e. The first kappa shape index (κ1) is 18.0. The summed E-state index contributed by atoms with van der Waals surface area (Å²) in [4.78, 5) is 17.2. The van der Waals surface area contributed by atoms with Gasteiger partial charge in [-0.3, -0.25) is 0 Å². The fourth-order valence-electron chi connectivity index (χ4n) is 3.18. The zero-order chi connectivity index (χ0) is 19.3. The quantitative estimate of drug-likeness (QED) is 0.549. The average molecular weight is 371 g/mol. The Hall–Kier alpha value is -3.40. The molecule has 0 N–H and O–H groups in total. The van der Waals surface area contributed by atoms with E-state index >= 15 is 0 Å². The van der Waals surface area contributed by atoms with Crippen LogP contribution in [0.5, 0.6) is 0 Å². The highest BCUT2D eigenvalue weighted by atomic mass is 16.7. The van der Waals surface area contributed by atoms with Crippen LogP contribution in [0.25, 0.3) is 0 Å². The molecule has 140 valence electrons. The van der Waals surface area contributed by atoms with Gasteiger partial charge in [-0.05, 0) is 43.1 Å². The molecule has 1 aliphatic carbocycles. The Kier molecular flexibility index (Phi) is 5.20. The lowest BCUT2D eigenvalue weighted by Gasteiger charge is -2.15. The highest BCUT2D eigenvalue weighted by molar-refractivity contribution is 6.29. The van der Waals surface area contributed by atoms with E-state index in [1.54, 1.807) is 0 Å². The smallest absolute Gasteiger partial charge is 0.368 e. The molecule has 2 aromatic rings. The third-order valence-corrected chi connectivity index (χ3v) is 4.74. The van der Waals surface area contributed by atoms with Crippen molar-refractivity contribution < 1.29 is 14.4 Å². The molecule has 28 heavy (non-hydrogen) atoms. The van der Waals surface area contributed by atoms with E-state index in [-0.39, 0.29) is 0 Å². The number of benzene rings is 2. The summed E-state index contributed by atoms with van der Waals surface area (Å²) < 4.78 is 6.06. The minimum absolute atomic E-state index is 0.432. The van der Waals surface area contributed by atoms with Crippen LogP contribution < -0.4 is 0 Å². The molecule has 1 aliphatic heterocycles. The molecule has 4 nitrogen and oxygen atoms in total. The first-order chi connectivity index (χ1) is 13.7. The molecule has 4 heteroatoms. The summed E-state index contributed by atoms with van der Waals surface area (Å²) in [6.07, 6.45) is 7.63. The van der Waals surface area contributed by atoms with Crippen LogP contribution in [-0.2, 0) is 21.0 Å². The van der Waals surface area contributed by atoms with E-state index in [0.29, 0.717) is 17.9 Å². The van der Waals surface area contributed by atoms with Crippen LogP contribution in [0, 0.1) is 6.92 Å². The van der Waals surface area contributed by atoms with Crippen molar-refractivity contribution in [1.82, 2.24) is 0 Å². The second-order valence-electron chi connectivity index (χ2n) is 6.85. The second-order valence-corrected chi connectivity index (χ2v) is 6.85. The highest BCUT2D eigenvalue weighted by Crippen LogP contribution is 2.26. The van der Waals surface area contributed by atoms with Crippen LogP contribution in [0.4, 0.5) is 0 Å². The molecule has 2 aromatic carbocycles. The third-order valence-electron chi connectivity index (χ3n) is 4.74. The van der Waals surface area contributed by atoms with E-state index in [0.717, 1.165) is 35.3 Å². The molecule has 0 saturated heterocycles. The van der Waals surface area contributed by atoms with Crippen LogP contribution >= 0.6 is 0 Å². The van der Waals surface area contributed by atoms with Crippen LogP contribution in [0.15, 0.2) is 94.9 Å². The van der Waals surface area contributed by atoms with Crippen molar-refractivity contribution in [2.45, 2.75) is 26.4 Å². The maximum atomic E-state index is 12.3. The first-order valence-electron chi connectivity index (χ1n) is 9.35. The van der Waals surface area contributed by atoms with Gasteiger partial charge in [0.2, 0.25) is 0 Å². The number of hydrogen-bond acceptors (Lipinski definition) is 4. The van der Waals surface area contributed by atoms with Crippen molar-refractivity contribution in [3.8, 4) is 0 Å². The van der Waals surface area contributed by atoms with Crippen LogP contribution in [0.2, 0.25) is 0 Å². The van der Waals surface area contributed by atoms with Crippen molar-refractivity contribution >= 4 is 11.7 Å². The van der Waals surface area contributed by atoms with Crippen molar-refractivity contribution in [3.63, 3.8) is 0 Å². The van der Waals surface area contributed by atoms with Gasteiger partial charge in [0, 0.05) is 5.56 Å². The lowest BCUT2D eigenvalue weighted by atomic mass is 9.96. The van der Waals surface area contributed by atoms with Gasteiger partial charge in [-0.15, -0.1) is 0 Å². The maximum absolute atomic E-state index is 12.3. The van der Waals surface area contributed by atoms with Crippen LogP contribution in [0.3, 0.4) is 0 Å². The molecule has 4 rings (SSSR count). The summed E-state index contributed by atoms with van der Waals surface area (Å²) in [5.74, 6) is 0.352. The first-order valence-corrected chi connectivity index (χ1v) is 9.35. The summed E-state index contributed by atoms with van der Waals surface area (Å²) in [7, 11) is 0. The van der Waals surface area contributed by atoms with Gasteiger partial charge >= 0.3 is 5.97 Å². The number of nitrogens with zero attached hydrogens (tertiary/aromatic N) is 1. The van der Waals surface area contributed by atoms with Gasteiger partial charge in [-0.2, -0.15) is 0 Å². The number of hydrogen-bond donors (Lipinski definition) is 0. The van der Waals surface area contributed by atoms with Gasteiger partial charge in [0.1, 0.15) is 18.1 Å². The fraction of sp³-hybridized carbons (Fsp3) is 0.167. The Balaban J connectivity index is 1.61. The number of oxime groups is 1. The summed E-state index contributed by atoms with van der Waals surface area (Å²) in [5, 5.41) is 3.98. The highest BCUT2D eigenvalue weighted by Gasteiger charge is 2.27. The Morgan fingerprint density at radius 2 is 1.89 bits per heavy atom. The molecule has 0 unspecified atom stereocenters. The van der Waals surface area contributed by atoms with Gasteiger partial charge in [0.05, 0.1) is 5.57 Å². The summed E-state index contributed by atoms with van der Waals surface area (Å²) >= 11 is 0. The zero-order valence-corrected chi connectivity index (χ0v) is 15.7. The molecule has 0 saturated carbocycles. The number of carbonyl (C=O) groups is 1. The molecular weight excluding hydrogens is 350 g/mol. The van der Waals surface area contributed by atoms with Crippen molar-refractivity contribution in [2.24, 2.45) is 5.16 Å². The SMILES string of the molecule is Cc1ccc(COC2=C(C=C3C(=O)ON=C3c3ccccc3)CCC=C2)cc1. The Morgan fingerprint density at radius 1 is 1.11 bits per heavy atom. The number of carbonyl (C=O) groups excluding carboxylic acids is 1. The van der Waals surface area contributed by atoms with Gasteiger partial charge < -0.3 is 9.57 Å². The summed E-state index contributed by atoms with van der Waals surface area (Å²) in [6, 6.07) is 17.9. The molecule has 2 aliphatic rings. The predicted octanol–water partition coefficient (Wildman–Crippen LogP) is 5.00. The van der Waals surface area contributed by atoms with Gasteiger partial charge in [-0.25, -0.2) is 4.79 Å². The molecule has 0 bridgehead atoms. The minimum atomic E-state index is -0.432. The average Bonchev–Trinajstić information content (AvgIpc) is 3.09. The number of rotatable bonds is 5. The Morgan fingerprint density at radius 3 is 2.68 bits per heavy atom. The molecule has 0 radical (unpaired) electrons. The molecule has 0 amide bonds. The lowest BCUT2D eigenvalue weighted by molar-refractivity contribution is -0.136. The third kappa shape index (κ3) is 3.96. The van der Waals surface area contributed by atoms with Crippen molar-refractivity contribution in [1.29, 1.82) is 0 Å². The molecule has 1 heterocycles. The minimum Gasteiger partial charge on any atom is -0.489 e. The molecule has 0 fully saturated rings. The molecule has 0 spiro atoms. The number of aryl methyl sites for hydroxylation is 1. The van der Waals surface area contributed by atoms with E-state index in [9.17, 15) is 4.79 Å². The molecule has 0 aromatic heterocycles. The topological polar surface area (TPSA) is 47.9 Å². The largest absolute Gasteiger partial charge is 0.489 e. The van der Waals surface area contributed by atoms with E-state index in [2.05, 4.69) is 42.4 Å².